The Bertz CT molecular complexity index is 405. The molecule has 1 nitrogen and oxygen atoms in total. The van der Waals surface area contributed by atoms with E-state index in [9.17, 15) is 8.78 Å². The summed E-state index contributed by atoms with van der Waals surface area (Å²) in [7, 11) is 1.97. The summed E-state index contributed by atoms with van der Waals surface area (Å²) in [5.41, 5.74) is 0.762. The van der Waals surface area contributed by atoms with Crippen molar-refractivity contribution in [1.29, 1.82) is 0 Å². The smallest absolute Gasteiger partial charge is 0.129 e. The Morgan fingerprint density at radius 1 is 1.41 bits per heavy atom. The van der Waals surface area contributed by atoms with Gasteiger partial charge in [-0.1, -0.05) is 13.0 Å². The maximum Gasteiger partial charge on any atom is 0.129 e. The average molecular weight is 239 g/mol. The predicted octanol–water partition coefficient (Wildman–Crippen LogP) is 3.29. The van der Waals surface area contributed by atoms with E-state index in [4.69, 9.17) is 0 Å². The first-order chi connectivity index (χ1) is 8.02. The second kappa shape index (κ2) is 4.73. The van der Waals surface area contributed by atoms with Gasteiger partial charge in [-0.25, -0.2) is 8.78 Å². The van der Waals surface area contributed by atoms with E-state index in [1.165, 1.54) is 6.07 Å². The number of rotatable bonds is 3. The topological polar surface area (TPSA) is 12.0 Å². The average Bonchev–Trinajstić information content (AvgIpc) is 2.65. The highest BCUT2D eigenvalue weighted by Crippen LogP contribution is 2.40. The van der Waals surface area contributed by atoms with E-state index in [0.29, 0.717) is 18.0 Å². The Morgan fingerprint density at radius 2 is 2.18 bits per heavy atom. The first kappa shape index (κ1) is 12.5. The molecule has 0 heterocycles. The molecule has 1 saturated carbocycles. The molecule has 0 aliphatic heterocycles. The number of benzene rings is 1. The van der Waals surface area contributed by atoms with Crippen LogP contribution in [0.3, 0.4) is 0 Å². The maximum atomic E-state index is 13.6. The van der Waals surface area contributed by atoms with Crippen LogP contribution < -0.4 is 5.32 Å². The summed E-state index contributed by atoms with van der Waals surface area (Å²) >= 11 is 0. The summed E-state index contributed by atoms with van der Waals surface area (Å²) in [6, 6.07) is 4.42. The van der Waals surface area contributed by atoms with E-state index in [2.05, 4.69) is 12.2 Å². The van der Waals surface area contributed by atoms with E-state index in [0.717, 1.165) is 25.3 Å². The van der Waals surface area contributed by atoms with Crippen LogP contribution in [0.1, 0.15) is 31.7 Å². The standard InChI is InChI=1S/C14H19F2N/c1-14(6-5-12(9-14)17-2)8-10-3-4-11(15)7-13(10)16/h3-4,7,12,17H,5-6,8-9H2,1-2H3. The van der Waals surface area contributed by atoms with Crippen LogP contribution in [0.25, 0.3) is 0 Å². The molecule has 1 N–H and O–H groups in total. The van der Waals surface area contributed by atoms with Crippen LogP contribution in [0.4, 0.5) is 8.78 Å². The first-order valence-corrected chi connectivity index (χ1v) is 6.14. The van der Waals surface area contributed by atoms with E-state index >= 15 is 0 Å². The van der Waals surface area contributed by atoms with Crippen molar-refractivity contribution < 1.29 is 8.78 Å². The summed E-state index contributed by atoms with van der Waals surface area (Å²) < 4.78 is 26.4. The highest BCUT2D eigenvalue weighted by atomic mass is 19.1. The minimum Gasteiger partial charge on any atom is -0.317 e. The molecule has 17 heavy (non-hydrogen) atoms. The summed E-state index contributed by atoms with van der Waals surface area (Å²) in [6.07, 6.45) is 3.97. The number of nitrogens with one attached hydrogen (secondary N) is 1. The summed E-state index contributed by atoms with van der Waals surface area (Å²) in [5.74, 6) is -0.921. The molecule has 1 aliphatic carbocycles. The van der Waals surface area contributed by atoms with Gasteiger partial charge < -0.3 is 5.32 Å². The van der Waals surface area contributed by atoms with Crippen molar-refractivity contribution in [3.8, 4) is 0 Å². The Balaban J connectivity index is 2.10. The molecular weight excluding hydrogens is 220 g/mol. The van der Waals surface area contributed by atoms with Crippen molar-refractivity contribution in [2.75, 3.05) is 7.05 Å². The molecule has 1 aromatic rings. The van der Waals surface area contributed by atoms with Crippen LogP contribution in [-0.2, 0) is 6.42 Å². The number of hydrogen-bond donors (Lipinski definition) is 1. The van der Waals surface area contributed by atoms with Gasteiger partial charge in [-0.05, 0) is 49.8 Å². The zero-order valence-electron chi connectivity index (χ0n) is 10.4. The van der Waals surface area contributed by atoms with Crippen LogP contribution in [-0.4, -0.2) is 13.1 Å². The fraction of sp³-hybridized carbons (Fsp3) is 0.571. The predicted molar refractivity (Wildman–Crippen MR) is 64.9 cm³/mol. The molecule has 2 rings (SSSR count). The molecule has 2 atom stereocenters. The molecule has 0 spiro atoms. The Hall–Kier alpha value is -0.960. The molecule has 0 bridgehead atoms. The zero-order chi connectivity index (χ0) is 12.5. The SMILES string of the molecule is CNC1CCC(C)(Cc2ccc(F)cc2F)C1. The summed E-state index contributed by atoms with van der Waals surface area (Å²) in [6.45, 7) is 2.19. The lowest BCUT2D eigenvalue weighted by molar-refractivity contribution is 0.319. The fourth-order valence-corrected chi connectivity index (χ4v) is 2.85. The van der Waals surface area contributed by atoms with Crippen LogP contribution in [0.5, 0.6) is 0 Å². The molecule has 0 amide bonds. The highest BCUT2D eigenvalue weighted by molar-refractivity contribution is 5.20. The van der Waals surface area contributed by atoms with E-state index in [1.54, 1.807) is 6.07 Å². The second-order valence-corrected chi connectivity index (χ2v) is 5.45. The molecule has 0 radical (unpaired) electrons. The molecule has 2 unspecified atom stereocenters. The van der Waals surface area contributed by atoms with E-state index < -0.39 is 11.6 Å². The third-order valence-electron chi connectivity index (χ3n) is 3.88. The Morgan fingerprint density at radius 3 is 2.76 bits per heavy atom. The third kappa shape index (κ3) is 2.83. The van der Waals surface area contributed by atoms with Crippen LogP contribution in [0.2, 0.25) is 0 Å². The normalized spacial score (nSPS) is 28.6. The third-order valence-corrected chi connectivity index (χ3v) is 3.88. The quantitative estimate of drug-likeness (QED) is 0.853. The fourth-order valence-electron chi connectivity index (χ4n) is 2.85. The van der Waals surface area contributed by atoms with Crippen LogP contribution >= 0.6 is 0 Å². The molecule has 94 valence electrons. The van der Waals surface area contributed by atoms with Crippen molar-refractivity contribution in [2.45, 2.75) is 38.6 Å². The molecule has 1 aliphatic rings. The van der Waals surface area contributed by atoms with Crippen LogP contribution in [0.15, 0.2) is 18.2 Å². The van der Waals surface area contributed by atoms with Gasteiger partial charge in [0.05, 0.1) is 0 Å². The van der Waals surface area contributed by atoms with Gasteiger partial charge in [0.1, 0.15) is 11.6 Å². The van der Waals surface area contributed by atoms with Gasteiger partial charge in [0.2, 0.25) is 0 Å². The summed E-state index contributed by atoms with van der Waals surface area (Å²) in [4.78, 5) is 0. The first-order valence-electron chi connectivity index (χ1n) is 6.14. The van der Waals surface area contributed by atoms with Gasteiger partial charge in [0, 0.05) is 12.1 Å². The van der Waals surface area contributed by atoms with Gasteiger partial charge in [-0.2, -0.15) is 0 Å². The lowest BCUT2D eigenvalue weighted by Crippen LogP contribution is -2.24. The minimum absolute atomic E-state index is 0.131. The van der Waals surface area contributed by atoms with Gasteiger partial charge >= 0.3 is 0 Å². The number of halogens is 2. The molecular formula is C14H19F2N. The highest BCUT2D eigenvalue weighted by Gasteiger charge is 2.34. The summed E-state index contributed by atoms with van der Waals surface area (Å²) in [5, 5.41) is 3.27. The van der Waals surface area contributed by atoms with Gasteiger partial charge in [-0.3, -0.25) is 0 Å². The lowest BCUT2D eigenvalue weighted by atomic mass is 9.82. The van der Waals surface area contributed by atoms with Gasteiger partial charge in [0.15, 0.2) is 0 Å². The minimum atomic E-state index is -0.504. The molecule has 0 saturated heterocycles. The van der Waals surface area contributed by atoms with E-state index in [-0.39, 0.29) is 5.41 Å². The van der Waals surface area contributed by atoms with Crippen molar-refractivity contribution >= 4 is 0 Å². The molecule has 0 aromatic heterocycles. The van der Waals surface area contributed by atoms with Crippen molar-refractivity contribution in [2.24, 2.45) is 5.41 Å². The van der Waals surface area contributed by atoms with Gasteiger partial charge in [0.25, 0.3) is 0 Å². The Labute approximate surface area is 101 Å². The lowest BCUT2D eigenvalue weighted by Gasteiger charge is -2.24. The van der Waals surface area contributed by atoms with E-state index in [1.807, 2.05) is 7.05 Å². The van der Waals surface area contributed by atoms with Crippen molar-refractivity contribution in [3.63, 3.8) is 0 Å². The molecule has 1 fully saturated rings. The molecule has 3 heteroatoms. The van der Waals surface area contributed by atoms with Crippen molar-refractivity contribution in [1.82, 2.24) is 5.32 Å². The van der Waals surface area contributed by atoms with Crippen LogP contribution in [0, 0.1) is 17.0 Å². The maximum absolute atomic E-state index is 13.6. The largest absolute Gasteiger partial charge is 0.317 e. The molecule has 1 aromatic carbocycles. The Kier molecular flexibility index (Phi) is 3.48. The van der Waals surface area contributed by atoms with Gasteiger partial charge in [-0.15, -0.1) is 0 Å². The number of hydrogen-bond acceptors (Lipinski definition) is 1. The zero-order valence-corrected chi connectivity index (χ0v) is 10.4. The second-order valence-electron chi connectivity index (χ2n) is 5.45. The monoisotopic (exact) mass is 239 g/mol. The van der Waals surface area contributed by atoms with Crippen molar-refractivity contribution in [3.05, 3.63) is 35.4 Å².